The summed E-state index contributed by atoms with van der Waals surface area (Å²) < 4.78 is 0. The summed E-state index contributed by atoms with van der Waals surface area (Å²) in [5.74, 6) is 0.128. The lowest BCUT2D eigenvalue weighted by atomic mass is 9.95. The lowest BCUT2D eigenvalue weighted by Crippen LogP contribution is -2.47. The summed E-state index contributed by atoms with van der Waals surface area (Å²) in [6, 6.07) is 16.9. The van der Waals surface area contributed by atoms with Crippen molar-refractivity contribution in [3.8, 4) is 11.3 Å². The van der Waals surface area contributed by atoms with Crippen LogP contribution < -0.4 is 0 Å². The number of carbonyl (C=O) groups excluding carboxylic acids is 1. The van der Waals surface area contributed by atoms with Crippen LogP contribution in [0.3, 0.4) is 0 Å². The third-order valence-electron chi connectivity index (χ3n) is 6.18. The number of carbonyl (C=O) groups is 1. The van der Waals surface area contributed by atoms with Crippen LogP contribution in [0.1, 0.15) is 54.6 Å². The first-order chi connectivity index (χ1) is 13.5. The van der Waals surface area contributed by atoms with Crippen molar-refractivity contribution in [1.82, 2.24) is 9.88 Å². The van der Waals surface area contributed by atoms with E-state index in [4.69, 9.17) is 4.98 Å². The first kappa shape index (κ1) is 18.7. The number of fused-ring (bicyclic) bond motifs is 1. The zero-order chi connectivity index (χ0) is 19.8. The maximum atomic E-state index is 13.6. The number of piperidine rings is 1. The molecule has 2 unspecified atom stereocenters. The molecule has 1 fully saturated rings. The Morgan fingerprint density at radius 1 is 0.964 bits per heavy atom. The Balaban J connectivity index is 1.87. The number of likely N-dealkylation sites (tertiary alicyclic amines) is 1. The maximum absolute atomic E-state index is 13.6. The van der Waals surface area contributed by atoms with Crippen LogP contribution in [-0.4, -0.2) is 27.9 Å². The molecular weight excluding hydrogens is 344 g/mol. The van der Waals surface area contributed by atoms with E-state index in [2.05, 4.69) is 50.8 Å². The highest BCUT2D eigenvalue weighted by Crippen LogP contribution is 2.30. The predicted octanol–water partition coefficient (Wildman–Crippen LogP) is 5.92. The van der Waals surface area contributed by atoms with E-state index in [0.717, 1.165) is 40.6 Å². The summed E-state index contributed by atoms with van der Waals surface area (Å²) in [4.78, 5) is 20.6. The summed E-state index contributed by atoms with van der Waals surface area (Å²) in [6.07, 6.45) is 3.34. The third-order valence-corrected chi connectivity index (χ3v) is 6.18. The van der Waals surface area contributed by atoms with Gasteiger partial charge in [-0.05, 0) is 76.3 Å². The Morgan fingerprint density at radius 3 is 2.39 bits per heavy atom. The average molecular weight is 373 g/mol. The number of rotatable bonds is 2. The Hall–Kier alpha value is -2.68. The Kier molecular flexibility index (Phi) is 4.92. The van der Waals surface area contributed by atoms with Crippen LogP contribution in [0.5, 0.6) is 0 Å². The first-order valence-electron chi connectivity index (χ1n) is 10.3. The van der Waals surface area contributed by atoms with Gasteiger partial charge in [0.05, 0.1) is 16.8 Å². The van der Waals surface area contributed by atoms with E-state index in [1.54, 1.807) is 0 Å². The summed E-state index contributed by atoms with van der Waals surface area (Å²) in [5, 5.41) is 0.935. The minimum Gasteiger partial charge on any atom is -0.333 e. The number of hydrogen-bond acceptors (Lipinski definition) is 2. The van der Waals surface area contributed by atoms with Crippen molar-refractivity contribution in [2.24, 2.45) is 0 Å². The molecule has 4 rings (SSSR count). The highest BCUT2D eigenvalue weighted by atomic mass is 16.2. The molecule has 0 spiro atoms. The van der Waals surface area contributed by atoms with Gasteiger partial charge >= 0.3 is 0 Å². The van der Waals surface area contributed by atoms with Crippen molar-refractivity contribution < 1.29 is 4.79 Å². The van der Waals surface area contributed by atoms with E-state index in [9.17, 15) is 4.79 Å². The van der Waals surface area contributed by atoms with Crippen LogP contribution in [-0.2, 0) is 0 Å². The lowest BCUT2D eigenvalue weighted by Gasteiger charge is -2.39. The number of amides is 1. The monoisotopic (exact) mass is 372 g/mol. The summed E-state index contributed by atoms with van der Waals surface area (Å²) in [7, 11) is 0. The van der Waals surface area contributed by atoms with Crippen molar-refractivity contribution in [2.45, 2.75) is 59.0 Å². The second kappa shape index (κ2) is 7.38. The SMILES string of the molecule is Cc1ccc(-c2cc(C(=O)N3C(C)CCCC3C)c3ccccc3n2)cc1C. The molecule has 0 aliphatic carbocycles. The molecule has 0 N–H and O–H groups in total. The van der Waals surface area contributed by atoms with Gasteiger partial charge in [0.15, 0.2) is 0 Å². The van der Waals surface area contributed by atoms with Gasteiger partial charge in [0.25, 0.3) is 5.91 Å². The van der Waals surface area contributed by atoms with E-state index in [1.807, 2.05) is 30.3 Å². The van der Waals surface area contributed by atoms with Gasteiger partial charge in [0, 0.05) is 23.0 Å². The molecule has 3 nitrogen and oxygen atoms in total. The minimum absolute atomic E-state index is 0.128. The molecule has 1 aromatic heterocycles. The van der Waals surface area contributed by atoms with Gasteiger partial charge in [0.2, 0.25) is 0 Å². The highest BCUT2D eigenvalue weighted by molar-refractivity contribution is 6.07. The average Bonchev–Trinajstić information content (AvgIpc) is 2.69. The molecule has 0 bridgehead atoms. The van der Waals surface area contributed by atoms with E-state index in [0.29, 0.717) is 0 Å². The van der Waals surface area contributed by atoms with Crippen molar-refractivity contribution in [3.05, 3.63) is 65.2 Å². The quantitative estimate of drug-likeness (QED) is 0.559. The third kappa shape index (κ3) is 3.30. The van der Waals surface area contributed by atoms with Crippen LogP contribution in [0.4, 0.5) is 0 Å². The molecule has 3 heteroatoms. The van der Waals surface area contributed by atoms with Gasteiger partial charge in [-0.15, -0.1) is 0 Å². The van der Waals surface area contributed by atoms with Crippen LogP contribution >= 0.6 is 0 Å². The van der Waals surface area contributed by atoms with Crippen molar-refractivity contribution in [2.75, 3.05) is 0 Å². The Bertz CT molecular complexity index is 1030. The molecule has 3 aromatic rings. The molecule has 2 heterocycles. The zero-order valence-electron chi connectivity index (χ0n) is 17.2. The number of pyridine rings is 1. The standard InChI is InChI=1S/C25H28N2O/c1-16-12-13-20(14-17(16)2)24-15-22(21-10-5-6-11-23(21)26-24)25(28)27-18(3)8-7-9-19(27)4/h5-6,10-15,18-19H,7-9H2,1-4H3. The molecule has 144 valence electrons. The zero-order valence-corrected chi connectivity index (χ0v) is 17.2. The number of nitrogens with zero attached hydrogens (tertiary/aromatic N) is 2. The van der Waals surface area contributed by atoms with Gasteiger partial charge in [-0.3, -0.25) is 4.79 Å². The van der Waals surface area contributed by atoms with E-state index in [1.165, 1.54) is 17.5 Å². The first-order valence-corrected chi connectivity index (χ1v) is 10.3. The summed E-state index contributed by atoms with van der Waals surface area (Å²) in [5.41, 5.74) is 6.05. The fraction of sp³-hybridized carbons (Fsp3) is 0.360. The minimum atomic E-state index is 0.128. The number of hydrogen-bond donors (Lipinski definition) is 0. The van der Waals surface area contributed by atoms with E-state index in [-0.39, 0.29) is 18.0 Å². The molecular formula is C25H28N2O. The molecule has 1 saturated heterocycles. The lowest BCUT2D eigenvalue weighted by molar-refractivity contribution is 0.0513. The highest BCUT2D eigenvalue weighted by Gasteiger charge is 2.30. The Morgan fingerprint density at radius 2 is 1.68 bits per heavy atom. The molecule has 1 amide bonds. The van der Waals surface area contributed by atoms with Crippen LogP contribution in [0.15, 0.2) is 48.5 Å². The fourth-order valence-electron chi connectivity index (χ4n) is 4.36. The number of para-hydroxylation sites is 1. The molecule has 0 radical (unpaired) electrons. The number of benzene rings is 2. The van der Waals surface area contributed by atoms with Gasteiger partial charge in [-0.2, -0.15) is 0 Å². The predicted molar refractivity (Wildman–Crippen MR) is 116 cm³/mol. The molecule has 0 saturated carbocycles. The van der Waals surface area contributed by atoms with Gasteiger partial charge in [-0.25, -0.2) is 4.98 Å². The largest absolute Gasteiger partial charge is 0.333 e. The van der Waals surface area contributed by atoms with Crippen molar-refractivity contribution in [3.63, 3.8) is 0 Å². The molecule has 2 aromatic carbocycles. The van der Waals surface area contributed by atoms with Crippen molar-refractivity contribution >= 4 is 16.8 Å². The molecule has 2 atom stereocenters. The number of aromatic nitrogens is 1. The van der Waals surface area contributed by atoms with Crippen molar-refractivity contribution in [1.29, 1.82) is 0 Å². The smallest absolute Gasteiger partial charge is 0.255 e. The topological polar surface area (TPSA) is 33.2 Å². The fourth-order valence-corrected chi connectivity index (χ4v) is 4.36. The van der Waals surface area contributed by atoms with Crippen LogP contribution in [0.25, 0.3) is 22.2 Å². The van der Waals surface area contributed by atoms with Gasteiger partial charge in [0.1, 0.15) is 0 Å². The maximum Gasteiger partial charge on any atom is 0.255 e. The Labute approximate surface area is 167 Å². The molecule has 1 aliphatic heterocycles. The van der Waals surface area contributed by atoms with Gasteiger partial charge in [-0.1, -0.05) is 30.3 Å². The van der Waals surface area contributed by atoms with E-state index >= 15 is 0 Å². The van der Waals surface area contributed by atoms with Crippen LogP contribution in [0.2, 0.25) is 0 Å². The molecule has 1 aliphatic rings. The second-order valence-electron chi connectivity index (χ2n) is 8.21. The second-order valence-corrected chi connectivity index (χ2v) is 8.21. The normalized spacial score (nSPS) is 19.8. The summed E-state index contributed by atoms with van der Waals surface area (Å²) in [6.45, 7) is 8.56. The van der Waals surface area contributed by atoms with Crippen LogP contribution in [0, 0.1) is 13.8 Å². The number of aryl methyl sites for hydroxylation is 2. The van der Waals surface area contributed by atoms with Gasteiger partial charge < -0.3 is 4.90 Å². The summed E-state index contributed by atoms with van der Waals surface area (Å²) >= 11 is 0. The van der Waals surface area contributed by atoms with E-state index < -0.39 is 0 Å². The molecule has 28 heavy (non-hydrogen) atoms.